The van der Waals surface area contributed by atoms with E-state index in [4.69, 9.17) is 23.2 Å². The van der Waals surface area contributed by atoms with Crippen molar-refractivity contribution in [3.8, 4) is 0 Å². The highest BCUT2D eigenvalue weighted by Crippen LogP contribution is 2.34. The summed E-state index contributed by atoms with van der Waals surface area (Å²) in [5, 5.41) is 15.7. The Kier molecular flexibility index (Phi) is 4.55. The zero-order valence-electron chi connectivity index (χ0n) is 12.7. The summed E-state index contributed by atoms with van der Waals surface area (Å²) in [5.41, 5.74) is 2.87. The molecule has 0 unspecified atom stereocenters. The molecular formula is C17H13Cl2N3O2. The third kappa shape index (κ3) is 3.13. The van der Waals surface area contributed by atoms with Crippen LogP contribution in [-0.4, -0.2) is 9.91 Å². The number of nitrogens with one attached hydrogen (secondary N) is 1. The number of nitro groups is 1. The molecular weight excluding hydrogens is 349 g/mol. The van der Waals surface area contributed by atoms with Crippen molar-refractivity contribution in [3.63, 3.8) is 0 Å². The highest BCUT2D eigenvalue weighted by atomic mass is 35.5. The molecule has 0 radical (unpaired) electrons. The highest BCUT2D eigenvalue weighted by molar-refractivity contribution is 6.37. The molecule has 0 atom stereocenters. The average Bonchev–Trinajstić information content (AvgIpc) is 2.54. The molecule has 0 aliphatic carbocycles. The van der Waals surface area contributed by atoms with E-state index in [1.807, 2.05) is 37.3 Å². The molecule has 0 saturated heterocycles. The summed E-state index contributed by atoms with van der Waals surface area (Å²) in [6.07, 6.45) is 0. The minimum absolute atomic E-state index is 0.0457. The first-order chi connectivity index (χ1) is 11.5. The summed E-state index contributed by atoms with van der Waals surface area (Å²) in [6.45, 7) is 2.18. The number of para-hydroxylation sites is 1. The second-order valence-corrected chi connectivity index (χ2v) is 6.08. The SMILES string of the molecule is Cc1ccc2cccc(NCc3c(Cl)ccc([N+](=O)[O-])c3Cl)c2n1. The van der Waals surface area contributed by atoms with Crippen molar-refractivity contribution in [2.24, 2.45) is 0 Å². The average molecular weight is 362 g/mol. The van der Waals surface area contributed by atoms with E-state index in [2.05, 4.69) is 10.3 Å². The molecule has 24 heavy (non-hydrogen) atoms. The Bertz CT molecular complexity index is 945. The van der Waals surface area contributed by atoms with Gasteiger partial charge in [0.1, 0.15) is 5.02 Å². The maximum atomic E-state index is 11.0. The molecule has 5 nitrogen and oxygen atoms in total. The van der Waals surface area contributed by atoms with Gasteiger partial charge in [-0.3, -0.25) is 15.1 Å². The van der Waals surface area contributed by atoms with Crippen molar-refractivity contribution in [1.82, 2.24) is 4.98 Å². The van der Waals surface area contributed by atoms with Gasteiger partial charge in [-0.15, -0.1) is 0 Å². The Balaban J connectivity index is 1.96. The number of hydrogen-bond donors (Lipinski definition) is 1. The van der Waals surface area contributed by atoms with E-state index in [1.54, 1.807) is 0 Å². The van der Waals surface area contributed by atoms with E-state index < -0.39 is 4.92 Å². The Morgan fingerprint density at radius 1 is 1.17 bits per heavy atom. The first-order valence-corrected chi connectivity index (χ1v) is 7.94. The summed E-state index contributed by atoms with van der Waals surface area (Å²) >= 11 is 12.3. The number of halogens is 2. The second-order valence-electron chi connectivity index (χ2n) is 5.30. The number of nitrogens with zero attached hydrogens (tertiary/aromatic N) is 2. The number of aryl methyl sites for hydroxylation is 1. The van der Waals surface area contributed by atoms with Gasteiger partial charge in [0.05, 0.1) is 16.1 Å². The van der Waals surface area contributed by atoms with Gasteiger partial charge in [0.15, 0.2) is 0 Å². The van der Waals surface area contributed by atoms with Crippen LogP contribution in [0.25, 0.3) is 10.9 Å². The molecule has 0 saturated carbocycles. The minimum Gasteiger partial charge on any atom is -0.379 e. The van der Waals surface area contributed by atoms with E-state index in [0.29, 0.717) is 10.6 Å². The topological polar surface area (TPSA) is 68.1 Å². The maximum Gasteiger partial charge on any atom is 0.288 e. The quantitative estimate of drug-likeness (QED) is 0.500. The van der Waals surface area contributed by atoms with Crippen molar-refractivity contribution >= 4 is 45.5 Å². The molecule has 0 amide bonds. The maximum absolute atomic E-state index is 11.0. The largest absolute Gasteiger partial charge is 0.379 e. The molecule has 0 bridgehead atoms. The zero-order valence-corrected chi connectivity index (χ0v) is 14.2. The fraction of sp³-hybridized carbons (Fsp3) is 0.118. The van der Waals surface area contributed by atoms with Crippen LogP contribution in [0.15, 0.2) is 42.5 Å². The van der Waals surface area contributed by atoms with E-state index in [-0.39, 0.29) is 17.3 Å². The first kappa shape index (κ1) is 16.5. The van der Waals surface area contributed by atoms with E-state index in [0.717, 1.165) is 22.3 Å². The van der Waals surface area contributed by atoms with Crippen LogP contribution in [0.5, 0.6) is 0 Å². The minimum atomic E-state index is -0.523. The predicted molar refractivity (Wildman–Crippen MR) is 96.9 cm³/mol. The molecule has 0 aliphatic rings. The van der Waals surface area contributed by atoms with E-state index >= 15 is 0 Å². The molecule has 1 N–H and O–H groups in total. The lowest BCUT2D eigenvalue weighted by Gasteiger charge is -2.12. The fourth-order valence-electron chi connectivity index (χ4n) is 2.46. The number of nitro benzene ring substituents is 1. The van der Waals surface area contributed by atoms with Gasteiger partial charge in [-0.2, -0.15) is 0 Å². The summed E-state index contributed by atoms with van der Waals surface area (Å²) in [5.74, 6) is 0. The number of anilines is 1. The van der Waals surface area contributed by atoms with Crippen LogP contribution < -0.4 is 5.32 Å². The number of aromatic nitrogens is 1. The Morgan fingerprint density at radius 2 is 1.96 bits per heavy atom. The molecule has 3 rings (SSSR count). The van der Waals surface area contributed by atoms with Crippen LogP contribution in [-0.2, 0) is 6.54 Å². The molecule has 0 spiro atoms. The van der Waals surface area contributed by atoms with Gasteiger partial charge < -0.3 is 5.32 Å². The van der Waals surface area contributed by atoms with Crippen LogP contribution in [0, 0.1) is 17.0 Å². The Morgan fingerprint density at radius 3 is 2.71 bits per heavy atom. The van der Waals surface area contributed by atoms with E-state index in [9.17, 15) is 10.1 Å². The van der Waals surface area contributed by atoms with Crippen molar-refractivity contribution in [2.75, 3.05) is 5.32 Å². The highest BCUT2D eigenvalue weighted by Gasteiger charge is 2.18. The number of fused-ring (bicyclic) bond motifs is 1. The van der Waals surface area contributed by atoms with Crippen LogP contribution in [0.1, 0.15) is 11.3 Å². The van der Waals surface area contributed by atoms with Crippen LogP contribution >= 0.6 is 23.2 Å². The van der Waals surface area contributed by atoms with Crippen molar-refractivity contribution in [3.05, 3.63) is 73.9 Å². The van der Waals surface area contributed by atoms with Crippen LogP contribution in [0.2, 0.25) is 10.0 Å². The molecule has 122 valence electrons. The number of hydrogen-bond acceptors (Lipinski definition) is 4. The van der Waals surface area contributed by atoms with Crippen molar-refractivity contribution in [2.45, 2.75) is 13.5 Å². The monoisotopic (exact) mass is 361 g/mol. The summed E-state index contributed by atoms with van der Waals surface area (Å²) in [7, 11) is 0. The lowest BCUT2D eigenvalue weighted by Crippen LogP contribution is -2.03. The van der Waals surface area contributed by atoms with Crippen molar-refractivity contribution in [1.29, 1.82) is 0 Å². The summed E-state index contributed by atoms with van der Waals surface area (Å²) < 4.78 is 0. The van der Waals surface area contributed by atoms with Gasteiger partial charge in [0, 0.05) is 34.3 Å². The van der Waals surface area contributed by atoms with Gasteiger partial charge >= 0.3 is 0 Å². The molecule has 1 aromatic heterocycles. The van der Waals surface area contributed by atoms with Gasteiger partial charge in [-0.05, 0) is 25.1 Å². The van der Waals surface area contributed by atoms with Gasteiger partial charge in [0.2, 0.25) is 0 Å². The Labute approximate surface area is 148 Å². The fourth-order valence-corrected chi connectivity index (χ4v) is 3.03. The molecule has 3 aromatic rings. The number of benzene rings is 2. The lowest BCUT2D eigenvalue weighted by atomic mass is 10.1. The normalized spacial score (nSPS) is 10.8. The van der Waals surface area contributed by atoms with Gasteiger partial charge in [-0.1, -0.05) is 41.4 Å². The Hall–Kier alpha value is -2.37. The predicted octanol–water partition coefficient (Wildman–Crippen LogP) is 5.37. The number of pyridine rings is 1. The standard InChI is InChI=1S/C17H13Cl2N3O2/c1-10-5-6-11-3-2-4-14(17(11)21-10)20-9-12-13(18)7-8-15(16(12)19)22(23)24/h2-8,20H,9H2,1H3. The first-order valence-electron chi connectivity index (χ1n) is 7.19. The van der Waals surface area contributed by atoms with Gasteiger partial charge in [-0.25, -0.2) is 0 Å². The van der Waals surface area contributed by atoms with Gasteiger partial charge in [0.25, 0.3) is 5.69 Å². The lowest BCUT2D eigenvalue weighted by molar-refractivity contribution is -0.384. The zero-order chi connectivity index (χ0) is 17.3. The van der Waals surface area contributed by atoms with Crippen LogP contribution in [0.4, 0.5) is 11.4 Å². The molecule has 7 heteroatoms. The summed E-state index contributed by atoms with van der Waals surface area (Å²) in [4.78, 5) is 15.0. The number of rotatable bonds is 4. The molecule has 2 aromatic carbocycles. The van der Waals surface area contributed by atoms with E-state index in [1.165, 1.54) is 12.1 Å². The third-order valence-electron chi connectivity index (χ3n) is 3.68. The summed E-state index contributed by atoms with van der Waals surface area (Å²) in [6, 6.07) is 12.5. The van der Waals surface area contributed by atoms with Crippen molar-refractivity contribution < 1.29 is 4.92 Å². The molecule has 0 fully saturated rings. The molecule has 0 aliphatic heterocycles. The second kappa shape index (κ2) is 6.63. The molecule has 1 heterocycles. The smallest absolute Gasteiger partial charge is 0.288 e. The third-order valence-corrected chi connectivity index (χ3v) is 4.45. The van der Waals surface area contributed by atoms with Crippen LogP contribution in [0.3, 0.4) is 0 Å².